The van der Waals surface area contributed by atoms with Crippen molar-refractivity contribution in [3.63, 3.8) is 0 Å². The van der Waals surface area contributed by atoms with E-state index in [4.69, 9.17) is 4.74 Å². The summed E-state index contributed by atoms with van der Waals surface area (Å²) in [7, 11) is 0. The van der Waals surface area contributed by atoms with Crippen LogP contribution in [-0.4, -0.2) is 36.2 Å². The fraction of sp³-hybridized carbons (Fsp3) is 0.571. The van der Waals surface area contributed by atoms with Crippen molar-refractivity contribution < 1.29 is 9.84 Å². The summed E-state index contributed by atoms with van der Waals surface area (Å²) in [5.74, 6) is 1.14. The highest BCUT2D eigenvalue weighted by atomic mass is 32.2. The van der Waals surface area contributed by atoms with Gasteiger partial charge in [-0.25, -0.2) is 0 Å². The van der Waals surface area contributed by atoms with E-state index in [1.54, 1.807) is 0 Å². The predicted octanol–water partition coefficient (Wildman–Crippen LogP) is 1.96. The SMILES string of the molecule is O[C@]1(CN[C@@H]2CCSc3ccccc32)CCOC1. The van der Waals surface area contributed by atoms with Gasteiger partial charge in [0.25, 0.3) is 0 Å². The van der Waals surface area contributed by atoms with Crippen LogP contribution >= 0.6 is 11.8 Å². The number of nitrogens with one attached hydrogen (secondary N) is 1. The average molecular weight is 265 g/mol. The number of fused-ring (bicyclic) bond motifs is 1. The number of rotatable bonds is 3. The molecule has 0 amide bonds. The van der Waals surface area contributed by atoms with Gasteiger partial charge < -0.3 is 15.2 Å². The van der Waals surface area contributed by atoms with E-state index in [0.29, 0.717) is 25.8 Å². The zero-order valence-corrected chi connectivity index (χ0v) is 11.2. The molecule has 18 heavy (non-hydrogen) atoms. The molecule has 2 N–H and O–H groups in total. The van der Waals surface area contributed by atoms with E-state index in [2.05, 4.69) is 29.6 Å². The van der Waals surface area contributed by atoms with Crippen molar-refractivity contribution in [2.45, 2.75) is 29.4 Å². The topological polar surface area (TPSA) is 41.5 Å². The number of hydrogen-bond donors (Lipinski definition) is 2. The first kappa shape index (κ1) is 12.5. The zero-order valence-electron chi connectivity index (χ0n) is 10.4. The van der Waals surface area contributed by atoms with Gasteiger partial charge in [0, 0.05) is 30.5 Å². The summed E-state index contributed by atoms with van der Waals surface area (Å²) in [5.41, 5.74) is 0.704. The molecule has 4 heteroatoms. The van der Waals surface area contributed by atoms with Crippen LogP contribution in [0.5, 0.6) is 0 Å². The lowest BCUT2D eigenvalue weighted by molar-refractivity contribution is 0.0246. The minimum atomic E-state index is -0.667. The van der Waals surface area contributed by atoms with Crippen LogP contribution in [0, 0.1) is 0 Å². The van der Waals surface area contributed by atoms with Gasteiger partial charge in [0.1, 0.15) is 5.60 Å². The van der Waals surface area contributed by atoms with E-state index in [9.17, 15) is 5.11 Å². The lowest BCUT2D eigenvalue weighted by atomic mass is 10.00. The average Bonchev–Trinajstić information content (AvgIpc) is 2.84. The molecule has 2 atom stereocenters. The number of thioether (sulfide) groups is 1. The van der Waals surface area contributed by atoms with Crippen LogP contribution in [0.15, 0.2) is 29.2 Å². The first-order valence-electron chi connectivity index (χ1n) is 6.52. The lowest BCUT2D eigenvalue weighted by Crippen LogP contribution is -2.42. The largest absolute Gasteiger partial charge is 0.386 e. The first-order valence-corrected chi connectivity index (χ1v) is 7.51. The van der Waals surface area contributed by atoms with E-state index in [0.717, 1.165) is 18.6 Å². The molecule has 3 nitrogen and oxygen atoms in total. The Kier molecular flexibility index (Phi) is 3.61. The molecular formula is C14H19NO2S. The zero-order chi connectivity index (χ0) is 12.4. The highest BCUT2D eigenvalue weighted by Crippen LogP contribution is 2.36. The minimum Gasteiger partial charge on any atom is -0.386 e. The Labute approximate surface area is 112 Å². The number of hydrogen-bond acceptors (Lipinski definition) is 4. The quantitative estimate of drug-likeness (QED) is 0.877. The highest BCUT2D eigenvalue weighted by molar-refractivity contribution is 7.99. The van der Waals surface area contributed by atoms with Gasteiger partial charge in [-0.2, -0.15) is 0 Å². The Bertz CT molecular complexity index is 418. The molecule has 0 bridgehead atoms. The standard InChI is InChI=1S/C14H19NO2S/c16-14(6-7-17-10-14)9-15-12-5-8-18-13-4-2-1-3-11(12)13/h1-4,12,15-16H,5-10H2/t12-,14+/m1/s1. The highest BCUT2D eigenvalue weighted by Gasteiger charge is 2.33. The van der Waals surface area contributed by atoms with Crippen LogP contribution in [0.3, 0.4) is 0 Å². The Morgan fingerprint density at radius 2 is 2.33 bits per heavy atom. The molecule has 0 spiro atoms. The number of ether oxygens (including phenoxy) is 1. The molecule has 3 rings (SSSR count). The van der Waals surface area contributed by atoms with Crippen molar-refractivity contribution in [1.82, 2.24) is 5.32 Å². The Balaban J connectivity index is 1.67. The van der Waals surface area contributed by atoms with Gasteiger partial charge in [0.15, 0.2) is 0 Å². The second kappa shape index (κ2) is 5.21. The van der Waals surface area contributed by atoms with E-state index in [1.807, 2.05) is 11.8 Å². The third-order valence-electron chi connectivity index (χ3n) is 3.72. The number of aliphatic hydroxyl groups is 1. The van der Waals surface area contributed by atoms with E-state index in [1.165, 1.54) is 10.5 Å². The van der Waals surface area contributed by atoms with Crippen LogP contribution in [0.4, 0.5) is 0 Å². The van der Waals surface area contributed by atoms with Crippen molar-refractivity contribution in [2.24, 2.45) is 0 Å². The summed E-state index contributed by atoms with van der Waals surface area (Å²) >= 11 is 1.92. The second-order valence-electron chi connectivity index (χ2n) is 5.14. The van der Waals surface area contributed by atoms with Gasteiger partial charge in [-0.3, -0.25) is 0 Å². The molecule has 1 aromatic rings. The Hall–Kier alpha value is -0.550. The van der Waals surface area contributed by atoms with Crippen molar-refractivity contribution >= 4 is 11.8 Å². The van der Waals surface area contributed by atoms with Gasteiger partial charge in [0.05, 0.1) is 6.61 Å². The van der Waals surface area contributed by atoms with Gasteiger partial charge in [0.2, 0.25) is 0 Å². The molecular weight excluding hydrogens is 246 g/mol. The maximum Gasteiger partial charge on any atom is 0.103 e. The molecule has 0 unspecified atom stereocenters. The van der Waals surface area contributed by atoms with E-state index >= 15 is 0 Å². The summed E-state index contributed by atoms with van der Waals surface area (Å²) in [6.07, 6.45) is 1.86. The summed E-state index contributed by atoms with van der Waals surface area (Å²) in [6, 6.07) is 8.92. The summed E-state index contributed by atoms with van der Waals surface area (Å²) in [6.45, 7) is 1.76. The molecule has 2 aliphatic rings. The van der Waals surface area contributed by atoms with Crippen molar-refractivity contribution in [3.8, 4) is 0 Å². The molecule has 1 saturated heterocycles. The third-order valence-corrected chi connectivity index (χ3v) is 4.84. The molecule has 0 radical (unpaired) electrons. The second-order valence-corrected chi connectivity index (χ2v) is 6.27. The predicted molar refractivity (Wildman–Crippen MR) is 72.9 cm³/mol. The van der Waals surface area contributed by atoms with Gasteiger partial charge >= 0.3 is 0 Å². The van der Waals surface area contributed by atoms with Crippen LogP contribution in [-0.2, 0) is 4.74 Å². The maximum atomic E-state index is 10.3. The van der Waals surface area contributed by atoms with Crippen LogP contribution in [0.25, 0.3) is 0 Å². The van der Waals surface area contributed by atoms with Crippen LogP contribution in [0.1, 0.15) is 24.4 Å². The monoisotopic (exact) mass is 265 g/mol. The van der Waals surface area contributed by atoms with Gasteiger partial charge in [-0.05, 0) is 23.8 Å². The van der Waals surface area contributed by atoms with Gasteiger partial charge in [-0.1, -0.05) is 18.2 Å². The van der Waals surface area contributed by atoms with Crippen LogP contribution in [0.2, 0.25) is 0 Å². The number of benzene rings is 1. The summed E-state index contributed by atoms with van der Waals surface area (Å²) < 4.78 is 5.28. The summed E-state index contributed by atoms with van der Waals surface area (Å²) in [5, 5.41) is 13.8. The molecule has 2 heterocycles. The maximum absolute atomic E-state index is 10.3. The molecule has 0 aromatic heterocycles. The summed E-state index contributed by atoms with van der Waals surface area (Å²) in [4.78, 5) is 1.37. The molecule has 0 aliphatic carbocycles. The van der Waals surface area contributed by atoms with Crippen LogP contribution < -0.4 is 5.32 Å². The Morgan fingerprint density at radius 3 is 3.17 bits per heavy atom. The fourth-order valence-electron chi connectivity index (χ4n) is 2.60. The molecule has 2 aliphatic heterocycles. The van der Waals surface area contributed by atoms with Crippen molar-refractivity contribution in [1.29, 1.82) is 0 Å². The molecule has 1 aromatic carbocycles. The van der Waals surface area contributed by atoms with Gasteiger partial charge in [-0.15, -0.1) is 11.8 Å². The van der Waals surface area contributed by atoms with Crippen molar-refractivity contribution in [2.75, 3.05) is 25.5 Å². The third kappa shape index (κ3) is 2.57. The lowest BCUT2D eigenvalue weighted by Gasteiger charge is -2.29. The first-order chi connectivity index (χ1) is 8.77. The van der Waals surface area contributed by atoms with E-state index < -0.39 is 5.60 Å². The van der Waals surface area contributed by atoms with E-state index in [-0.39, 0.29) is 0 Å². The fourth-order valence-corrected chi connectivity index (χ4v) is 3.73. The minimum absolute atomic E-state index is 0.368. The van der Waals surface area contributed by atoms with Crippen molar-refractivity contribution in [3.05, 3.63) is 29.8 Å². The molecule has 98 valence electrons. The normalized spacial score (nSPS) is 31.3. The Morgan fingerprint density at radius 1 is 1.44 bits per heavy atom. The molecule has 0 saturated carbocycles. The smallest absolute Gasteiger partial charge is 0.103 e. The molecule has 1 fully saturated rings.